The standard InChI is InChI=1S/C26H32N4O11/c1-25(37)12-6-5-7-15(31)16(12)20(32)17-13(25)10-14-19(28(2)3)21(33)18(23(35)26(14,38)22(17)34)24(36)27-11-29(4)8-9-41-30(39)40/h5-7,13-14,19,31-32,35,37-38H,8-11H2,1-4H3,(H,27,36)/t13-,14-,19-,25?,26-/m0/s1. The van der Waals surface area contributed by atoms with Crippen molar-refractivity contribution in [1.29, 1.82) is 0 Å². The van der Waals surface area contributed by atoms with Crippen molar-refractivity contribution < 1.29 is 49.8 Å². The van der Waals surface area contributed by atoms with Crippen LogP contribution in [0.5, 0.6) is 5.75 Å². The number of phenolic OH excluding ortho intramolecular Hbond substituents is 1. The highest BCUT2D eigenvalue weighted by atomic mass is 16.9. The number of hydrogen-bond donors (Lipinski definition) is 6. The van der Waals surface area contributed by atoms with Crippen LogP contribution in [0.2, 0.25) is 0 Å². The van der Waals surface area contributed by atoms with Gasteiger partial charge in [0.25, 0.3) is 11.0 Å². The minimum Gasteiger partial charge on any atom is -0.508 e. The Kier molecular flexibility index (Phi) is 7.60. The summed E-state index contributed by atoms with van der Waals surface area (Å²) in [4.78, 5) is 58.2. The molecule has 1 aromatic carbocycles. The fourth-order valence-electron chi connectivity index (χ4n) is 6.13. The molecule has 1 amide bonds. The molecule has 0 bridgehead atoms. The number of nitrogens with zero attached hydrogens (tertiary/aromatic N) is 3. The Labute approximate surface area is 234 Å². The third kappa shape index (κ3) is 4.60. The molecule has 0 aliphatic heterocycles. The molecule has 0 heterocycles. The lowest BCUT2D eigenvalue weighted by atomic mass is 9.54. The molecule has 0 radical (unpaired) electrons. The topological polar surface area (TPSA) is 223 Å². The number of rotatable bonds is 8. The molecule has 0 aromatic heterocycles. The molecule has 15 nitrogen and oxygen atoms in total. The summed E-state index contributed by atoms with van der Waals surface area (Å²) in [6.07, 6.45) is -0.254. The summed E-state index contributed by atoms with van der Waals surface area (Å²) < 4.78 is 0. The minimum absolute atomic E-state index is 0.0219. The van der Waals surface area contributed by atoms with Crippen molar-refractivity contribution in [3.05, 3.63) is 56.3 Å². The van der Waals surface area contributed by atoms with Gasteiger partial charge in [0.1, 0.15) is 29.4 Å². The number of ketones is 2. The third-order valence-corrected chi connectivity index (χ3v) is 8.18. The zero-order valence-electron chi connectivity index (χ0n) is 22.8. The second-order valence-electron chi connectivity index (χ2n) is 10.9. The van der Waals surface area contributed by atoms with Gasteiger partial charge in [-0.3, -0.25) is 24.2 Å². The van der Waals surface area contributed by atoms with Gasteiger partial charge in [0.15, 0.2) is 11.4 Å². The first kappa shape index (κ1) is 29.9. The number of aliphatic hydroxyl groups is 4. The lowest BCUT2D eigenvalue weighted by molar-refractivity contribution is -0.757. The Morgan fingerprint density at radius 2 is 1.85 bits per heavy atom. The van der Waals surface area contributed by atoms with Gasteiger partial charge in [-0.05, 0) is 46.1 Å². The number of Topliss-reactive ketones (excluding diaryl/α,β-unsaturated/α-hetero) is 2. The molecule has 6 N–H and O–H groups in total. The van der Waals surface area contributed by atoms with Gasteiger partial charge >= 0.3 is 0 Å². The van der Waals surface area contributed by atoms with Crippen molar-refractivity contribution in [2.45, 2.75) is 30.6 Å². The molecule has 3 aliphatic carbocycles. The second kappa shape index (κ2) is 10.4. The average Bonchev–Trinajstić information content (AvgIpc) is 2.87. The lowest BCUT2D eigenvalue weighted by Gasteiger charge is -2.53. The van der Waals surface area contributed by atoms with Gasteiger partial charge in [-0.25, -0.2) is 0 Å². The molecule has 15 heteroatoms. The van der Waals surface area contributed by atoms with E-state index in [0.717, 1.165) is 0 Å². The Balaban J connectivity index is 1.78. The highest BCUT2D eigenvalue weighted by Gasteiger charge is 2.66. The SMILES string of the molecule is CN(CCO[N+](=O)[O-])CNC(=O)C1=C(O)[C@@]2(O)C(=O)C3=C(O)c4c(O)cccc4C(C)(O)[C@H]3C[C@H]2[C@H](N(C)C)C1=O. The molecule has 1 aromatic rings. The van der Waals surface area contributed by atoms with Crippen molar-refractivity contribution in [1.82, 2.24) is 15.1 Å². The number of amides is 1. The molecule has 5 atom stereocenters. The maximum atomic E-state index is 14.0. The molecule has 1 fully saturated rings. The van der Waals surface area contributed by atoms with Gasteiger partial charge in [-0.1, -0.05) is 12.1 Å². The van der Waals surface area contributed by atoms with Crippen LogP contribution in [0.25, 0.3) is 5.76 Å². The number of benzene rings is 1. The highest BCUT2D eigenvalue weighted by molar-refractivity contribution is 6.25. The summed E-state index contributed by atoms with van der Waals surface area (Å²) in [7, 11) is 4.47. The Morgan fingerprint density at radius 3 is 2.46 bits per heavy atom. The molecule has 1 saturated carbocycles. The number of likely N-dealkylation sites (N-methyl/N-ethyl adjacent to an activating group) is 2. The zero-order valence-corrected chi connectivity index (χ0v) is 22.8. The van der Waals surface area contributed by atoms with E-state index in [1.54, 1.807) is 0 Å². The summed E-state index contributed by atoms with van der Waals surface area (Å²) in [6.45, 7) is 0.873. The molecule has 4 rings (SSSR count). The van der Waals surface area contributed by atoms with E-state index in [9.17, 15) is 50.0 Å². The smallest absolute Gasteiger partial charge is 0.294 e. The van der Waals surface area contributed by atoms with Crippen LogP contribution in [-0.4, -0.2) is 110 Å². The number of carbonyl (C=O) groups is 3. The van der Waals surface area contributed by atoms with Gasteiger partial charge in [0.2, 0.25) is 5.78 Å². The third-order valence-electron chi connectivity index (χ3n) is 8.18. The first-order valence-electron chi connectivity index (χ1n) is 12.7. The fraction of sp³-hybridized carbons (Fsp3) is 0.500. The van der Waals surface area contributed by atoms with E-state index in [1.165, 1.54) is 56.1 Å². The monoisotopic (exact) mass is 576 g/mol. The van der Waals surface area contributed by atoms with Crippen LogP contribution in [0.1, 0.15) is 24.5 Å². The highest BCUT2D eigenvalue weighted by Crippen LogP contribution is 2.57. The molecule has 3 aliphatic rings. The van der Waals surface area contributed by atoms with Crippen LogP contribution in [-0.2, 0) is 24.8 Å². The Hall–Kier alpha value is -4.05. The number of aromatic hydroxyl groups is 1. The van der Waals surface area contributed by atoms with Crippen LogP contribution in [0.15, 0.2) is 35.1 Å². The first-order valence-corrected chi connectivity index (χ1v) is 12.7. The molecule has 0 spiro atoms. The van der Waals surface area contributed by atoms with Gasteiger partial charge < -0.3 is 35.7 Å². The van der Waals surface area contributed by atoms with Crippen molar-refractivity contribution in [2.24, 2.45) is 11.8 Å². The van der Waals surface area contributed by atoms with Crippen LogP contribution in [0, 0.1) is 22.0 Å². The lowest BCUT2D eigenvalue weighted by Crippen LogP contribution is -2.67. The molecular formula is C26H32N4O11. The summed E-state index contributed by atoms with van der Waals surface area (Å²) in [5, 5.41) is 68.0. The van der Waals surface area contributed by atoms with E-state index < -0.39 is 80.1 Å². The normalized spacial score (nSPS) is 29.3. The summed E-state index contributed by atoms with van der Waals surface area (Å²) in [6, 6.07) is 2.89. The molecule has 1 unspecified atom stereocenters. The average molecular weight is 577 g/mol. The first-order chi connectivity index (χ1) is 19.1. The fourth-order valence-corrected chi connectivity index (χ4v) is 6.13. The van der Waals surface area contributed by atoms with Crippen molar-refractivity contribution >= 4 is 23.2 Å². The van der Waals surface area contributed by atoms with Crippen molar-refractivity contribution in [3.63, 3.8) is 0 Å². The number of nitrogens with one attached hydrogen (secondary N) is 1. The van der Waals surface area contributed by atoms with Crippen molar-refractivity contribution in [3.8, 4) is 5.75 Å². The van der Waals surface area contributed by atoms with Gasteiger partial charge in [0.05, 0.1) is 23.9 Å². The molecule has 0 saturated heterocycles. The molecule has 41 heavy (non-hydrogen) atoms. The van der Waals surface area contributed by atoms with E-state index in [4.69, 9.17) is 0 Å². The second-order valence-corrected chi connectivity index (χ2v) is 10.9. The van der Waals surface area contributed by atoms with Crippen molar-refractivity contribution in [2.75, 3.05) is 41.0 Å². The maximum Gasteiger partial charge on any atom is 0.294 e. The van der Waals surface area contributed by atoms with Gasteiger partial charge in [0, 0.05) is 24.0 Å². The Bertz CT molecular complexity index is 1390. The number of fused-ring (bicyclic) bond motifs is 3. The summed E-state index contributed by atoms with van der Waals surface area (Å²) in [5.74, 6) is -7.99. The van der Waals surface area contributed by atoms with E-state index in [1.807, 2.05) is 0 Å². The maximum absolute atomic E-state index is 14.0. The summed E-state index contributed by atoms with van der Waals surface area (Å²) >= 11 is 0. The molecular weight excluding hydrogens is 544 g/mol. The molecule has 222 valence electrons. The number of carbonyl (C=O) groups excluding carboxylic acids is 3. The number of aliphatic hydroxyl groups excluding tert-OH is 2. The Morgan fingerprint density at radius 1 is 1.20 bits per heavy atom. The number of phenols is 1. The van der Waals surface area contributed by atoms with E-state index >= 15 is 0 Å². The summed E-state index contributed by atoms with van der Waals surface area (Å²) in [5.41, 5.74) is -6.05. The largest absolute Gasteiger partial charge is 0.508 e. The predicted octanol–water partition coefficient (Wildman–Crippen LogP) is -0.642. The van der Waals surface area contributed by atoms with Gasteiger partial charge in [-0.15, -0.1) is 10.1 Å². The zero-order chi connectivity index (χ0) is 30.6. The van der Waals surface area contributed by atoms with Crippen LogP contribution < -0.4 is 5.32 Å². The van der Waals surface area contributed by atoms with Crippen LogP contribution in [0.3, 0.4) is 0 Å². The van der Waals surface area contributed by atoms with E-state index in [2.05, 4.69) is 10.2 Å². The van der Waals surface area contributed by atoms with Crippen LogP contribution >= 0.6 is 0 Å². The quantitative estimate of drug-likeness (QED) is 0.0981. The predicted molar refractivity (Wildman–Crippen MR) is 140 cm³/mol. The minimum atomic E-state index is -2.83. The van der Waals surface area contributed by atoms with Gasteiger partial charge in [-0.2, -0.15) is 0 Å². The van der Waals surface area contributed by atoms with E-state index in [0.29, 0.717) is 0 Å². The van der Waals surface area contributed by atoms with E-state index in [-0.39, 0.29) is 37.4 Å². The number of hydrogen-bond acceptors (Lipinski definition) is 13. The van der Waals surface area contributed by atoms with Crippen LogP contribution in [0.4, 0.5) is 0 Å².